The highest BCUT2D eigenvalue weighted by atomic mass is 19.4. The van der Waals surface area contributed by atoms with Crippen LogP contribution in [0.3, 0.4) is 0 Å². The van der Waals surface area contributed by atoms with Crippen molar-refractivity contribution in [3.05, 3.63) is 94.9 Å². The zero-order chi connectivity index (χ0) is 25.3. The van der Waals surface area contributed by atoms with E-state index in [-0.39, 0.29) is 11.8 Å². The van der Waals surface area contributed by atoms with Crippen LogP contribution in [0.4, 0.5) is 13.2 Å². The van der Waals surface area contributed by atoms with Gasteiger partial charge in [-0.25, -0.2) is 0 Å². The molecule has 0 radical (unpaired) electrons. The molecule has 1 saturated heterocycles. The predicted molar refractivity (Wildman–Crippen MR) is 128 cm³/mol. The molecule has 1 atom stereocenters. The van der Waals surface area contributed by atoms with Gasteiger partial charge in [-0.1, -0.05) is 35.9 Å². The van der Waals surface area contributed by atoms with Crippen LogP contribution < -0.4 is 4.74 Å². The molecule has 0 aliphatic carbocycles. The molecule has 2 aromatic carbocycles. The van der Waals surface area contributed by atoms with E-state index in [1.807, 2.05) is 31.2 Å². The Hall–Kier alpha value is -3.88. The first-order chi connectivity index (χ1) is 17.3. The second-order valence-corrected chi connectivity index (χ2v) is 9.10. The smallest absolute Gasteiger partial charge is 0.417 e. The van der Waals surface area contributed by atoms with Crippen LogP contribution in [-0.2, 0) is 12.8 Å². The van der Waals surface area contributed by atoms with Crippen molar-refractivity contribution in [1.82, 2.24) is 19.5 Å². The number of hydrogen-bond acceptors (Lipinski definition) is 4. The van der Waals surface area contributed by atoms with Gasteiger partial charge in [0.1, 0.15) is 18.2 Å². The number of halogens is 3. The SMILES string of the molecule is Cc1cccc(COc2cccc(C(=O)N3CCCC(c4nnc5ccc(C(F)(F)F)cn45)C3)c2)c1. The van der Waals surface area contributed by atoms with Gasteiger partial charge in [0.15, 0.2) is 5.65 Å². The number of benzene rings is 2. The summed E-state index contributed by atoms with van der Waals surface area (Å²) in [7, 11) is 0. The number of pyridine rings is 1. The summed E-state index contributed by atoms with van der Waals surface area (Å²) in [5.74, 6) is 0.662. The van der Waals surface area contributed by atoms with Crippen LogP contribution >= 0.6 is 0 Å². The average molecular weight is 495 g/mol. The highest BCUT2D eigenvalue weighted by Crippen LogP contribution is 2.32. The molecule has 4 aromatic rings. The highest BCUT2D eigenvalue weighted by molar-refractivity contribution is 5.94. The number of alkyl halides is 3. The number of carbonyl (C=O) groups excluding carboxylic acids is 1. The molecule has 5 rings (SSSR count). The van der Waals surface area contributed by atoms with E-state index in [2.05, 4.69) is 16.3 Å². The Morgan fingerprint density at radius 2 is 1.92 bits per heavy atom. The summed E-state index contributed by atoms with van der Waals surface area (Å²) in [5, 5.41) is 8.20. The molecule has 0 saturated carbocycles. The summed E-state index contributed by atoms with van der Waals surface area (Å²) in [6.45, 7) is 3.33. The van der Waals surface area contributed by atoms with E-state index in [0.717, 1.165) is 23.4 Å². The fraction of sp³-hybridized carbons (Fsp3) is 0.296. The molecule has 1 unspecified atom stereocenters. The van der Waals surface area contributed by atoms with Crippen LogP contribution in [0.2, 0.25) is 0 Å². The van der Waals surface area contributed by atoms with Crippen molar-refractivity contribution >= 4 is 11.6 Å². The Bertz CT molecular complexity index is 1400. The van der Waals surface area contributed by atoms with Gasteiger partial charge >= 0.3 is 6.18 Å². The van der Waals surface area contributed by atoms with Crippen molar-refractivity contribution in [3.8, 4) is 5.75 Å². The average Bonchev–Trinajstić information content (AvgIpc) is 3.30. The number of rotatable bonds is 5. The van der Waals surface area contributed by atoms with Crippen LogP contribution in [0.5, 0.6) is 5.75 Å². The first-order valence-corrected chi connectivity index (χ1v) is 11.8. The van der Waals surface area contributed by atoms with Crippen LogP contribution in [0, 0.1) is 6.92 Å². The minimum atomic E-state index is -4.46. The maximum Gasteiger partial charge on any atom is 0.417 e. The van der Waals surface area contributed by atoms with Crippen LogP contribution in [-0.4, -0.2) is 38.5 Å². The predicted octanol–water partition coefficient (Wildman–Crippen LogP) is 5.66. The fourth-order valence-corrected chi connectivity index (χ4v) is 4.60. The number of piperidine rings is 1. The molecular formula is C27H25F3N4O2. The molecule has 0 N–H and O–H groups in total. The largest absolute Gasteiger partial charge is 0.489 e. The number of carbonyl (C=O) groups is 1. The summed E-state index contributed by atoms with van der Waals surface area (Å²) in [6.07, 6.45) is -2.01. The van der Waals surface area contributed by atoms with Gasteiger partial charge in [-0.2, -0.15) is 13.2 Å². The van der Waals surface area contributed by atoms with E-state index >= 15 is 0 Å². The number of aromatic nitrogens is 3. The van der Waals surface area contributed by atoms with E-state index in [1.54, 1.807) is 23.1 Å². The third kappa shape index (κ3) is 5.05. The zero-order valence-electron chi connectivity index (χ0n) is 19.7. The lowest BCUT2D eigenvalue weighted by Gasteiger charge is -2.32. The lowest BCUT2D eigenvalue weighted by Crippen LogP contribution is -2.39. The van der Waals surface area contributed by atoms with Crippen LogP contribution in [0.25, 0.3) is 5.65 Å². The summed E-state index contributed by atoms with van der Waals surface area (Å²) in [5.41, 5.74) is 2.28. The Balaban J connectivity index is 1.31. The summed E-state index contributed by atoms with van der Waals surface area (Å²) in [6, 6.07) is 17.4. The normalized spacial score (nSPS) is 16.3. The molecule has 1 fully saturated rings. The molecule has 2 aromatic heterocycles. The highest BCUT2D eigenvalue weighted by Gasteiger charge is 2.33. The van der Waals surface area contributed by atoms with E-state index in [1.165, 1.54) is 10.5 Å². The Morgan fingerprint density at radius 1 is 1.08 bits per heavy atom. The van der Waals surface area contributed by atoms with Gasteiger partial charge in [-0.3, -0.25) is 9.20 Å². The number of amides is 1. The van der Waals surface area contributed by atoms with Crippen molar-refractivity contribution in [1.29, 1.82) is 0 Å². The number of aryl methyl sites for hydroxylation is 1. The molecule has 0 bridgehead atoms. The van der Waals surface area contributed by atoms with Crippen molar-refractivity contribution in [2.45, 2.75) is 38.5 Å². The minimum Gasteiger partial charge on any atom is -0.489 e. The molecular weight excluding hydrogens is 469 g/mol. The van der Waals surface area contributed by atoms with E-state index in [9.17, 15) is 18.0 Å². The number of nitrogens with zero attached hydrogens (tertiary/aromatic N) is 4. The van der Waals surface area contributed by atoms with Crippen molar-refractivity contribution in [2.75, 3.05) is 13.1 Å². The lowest BCUT2D eigenvalue weighted by atomic mass is 9.96. The van der Waals surface area contributed by atoms with Gasteiger partial charge in [0, 0.05) is 30.8 Å². The maximum atomic E-state index is 13.3. The number of fused-ring (bicyclic) bond motifs is 1. The van der Waals surface area contributed by atoms with Gasteiger partial charge in [0.2, 0.25) is 0 Å². The molecule has 9 heteroatoms. The quantitative estimate of drug-likeness (QED) is 0.360. The van der Waals surface area contributed by atoms with Crippen molar-refractivity contribution < 1.29 is 22.7 Å². The molecule has 36 heavy (non-hydrogen) atoms. The summed E-state index contributed by atoms with van der Waals surface area (Å²) >= 11 is 0. The first-order valence-electron chi connectivity index (χ1n) is 11.8. The van der Waals surface area contributed by atoms with Crippen molar-refractivity contribution in [3.63, 3.8) is 0 Å². The van der Waals surface area contributed by atoms with Crippen LogP contribution in [0.15, 0.2) is 66.9 Å². The third-order valence-electron chi connectivity index (χ3n) is 6.40. The van der Waals surface area contributed by atoms with Gasteiger partial charge in [0.25, 0.3) is 5.91 Å². The van der Waals surface area contributed by atoms with E-state index < -0.39 is 11.7 Å². The standard InChI is InChI=1S/C27H25F3N4O2/c1-18-5-2-6-19(13-18)17-36-23-9-3-7-20(14-23)26(35)33-12-4-8-21(15-33)25-32-31-24-11-10-22(16-34(24)25)27(28,29)30/h2-3,5-7,9-11,13-14,16,21H,4,8,12,15,17H2,1H3. The topological polar surface area (TPSA) is 59.7 Å². The summed E-state index contributed by atoms with van der Waals surface area (Å²) < 4.78 is 47.0. The lowest BCUT2D eigenvalue weighted by molar-refractivity contribution is -0.137. The molecule has 1 aliphatic heterocycles. The fourth-order valence-electron chi connectivity index (χ4n) is 4.60. The van der Waals surface area contributed by atoms with E-state index in [0.29, 0.717) is 55.3 Å². The number of likely N-dealkylation sites (tertiary alicyclic amines) is 1. The Labute approximate surface area is 206 Å². The number of hydrogen-bond donors (Lipinski definition) is 0. The van der Waals surface area contributed by atoms with Crippen molar-refractivity contribution in [2.24, 2.45) is 0 Å². The number of ether oxygens (including phenoxy) is 1. The first kappa shape index (κ1) is 23.8. The molecule has 1 aliphatic rings. The second kappa shape index (κ2) is 9.64. The monoisotopic (exact) mass is 494 g/mol. The molecule has 1 amide bonds. The minimum absolute atomic E-state index is 0.148. The second-order valence-electron chi connectivity index (χ2n) is 9.10. The molecule has 0 spiro atoms. The van der Waals surface area contributed by atoms with Gasteiger partial charge in [0.05, 0.1) is 5.56 Å². The summed E-state index contributed by atoms with van der Waals surface area (Å²) in [4.78, 5) is 15.0. The maximum absolute atomic E-state index is 13.3. The Kier molecular flexibility index (Phi) is 6.38. The zero-order valence-corrected chi connectivity index (χ0v) is 19.7. The Morgan fingerprint density at radius 3 is 2.72 bits per heavy atom. The molecule has 6 nitrogen and oxygen atoms in total. The third-order valence-corrected chi connectivity index (χ3v) is 6.40. The molecule has 186 valence electrons. The van der Waals surface area contributed by atoms with Crippen LogP contribution in [0.1, 0.15) is 51.6 Å². The van der Waals surface area contributed by atoms with Gasteiger partial charge < -0.3 is 9.64 Å². The molecule has 3 heterocycles. The van der Waals surface area contributed by atoms with Gasteiger partial charge in [-0.05, 0) is 55.7 Å². The van der Waals surface area contributed by atoms with E-state index in [4.69, 9.17) is 4.74 Å². The van der Waals surface area contributed by atoms with Gasteiger partial charge in [-0.15, -0.1) is 10.2 Å².